The number of nitrogens with zero attached hydrogens (tertiary/aromatic N) is 1. The Labute approximate surface area is 140 Å². The first kappa shape index (κ1) is 18.8. The Bertz CT molecular complexity index is 919. The maximum Gasteiger partial charge on any atom is 0.417 e. The summed E-state index contributed by atoms with van der Waals surface area (Å²) >= 11 is 0. The van der Waals surface area contributed by atoms with Gasteiger partial charge in [0.2, 0.25) is 0 Å². The van der Waals surface area contributed by atoms with Crippen LogP contribution in [0.25, 0.3) is 0 Å². The van der Waals surface area contributed by atoms with Gasteiger partial charge in [-0.25, -0.2) is 13.2 Å². The van der Waals surface area contributed by atoms with Crippen LogP contribution in [0.2, 0.25) is 0 Å². The number of hydrogen-bond acceptors (Lipinski definition) is 5. The minimum absolute atomic E-state index is 0.0402. The Balaban J connectivity index is 2.53. The van der Waals surface area contributed by atoms with E-state index in [1.807, 2.05) is 0 Å². The van der Waals surface area contributed by atoms with E-state index in [4.69, 9.17) is 9.63 Å². The highest BCUT2D eigenvalue weighted by atomic mass is 32.2. The minimum Gasteiger partial charge on any atom is -0.478 e. The van der Waals surface area contributed by atoms with Gasteiger partial charge in [-0.3, -0.25) is 4.72 Å². The molecule has 0 saturated carbocycles. The van der Waals surface area contributed by atoms with Crippen LogP contribution >= 0.6 is 0 Å². The Kier molecular flexibility index (Phi) is 4.80. The number of aryl methyl sites for hydroxylation is 2. The van der Waals surface area contributed by atoms with Crippen LogP contribution in [0.3, 0.4) is 0 Å². The standard InChI is InChI=1S/C14H13F3N2O5S/c1-3-11-12(7(2)18-24-11)19-25(22,23)8-4-5-9(13(20)21)10(6-8)14(15,16)17/h4-6,19H,3H2,1-2H3,(H,20,21). The molecule has 0 fully saturated rings. The van der Waals surface area contributed by atoms with Gasteiger partial charge in [-0.1, -0.05) is 12.1 Å². The SMILES string of the molecule is CCc1onc(C)c1NS(=O)(=O)c1ccc(C(=O)O)c(C(F)(F)F)c1. The molecule has 2 rings (SSSR count). The zero-order chi connectivity index (χ0) is 19.0. The summed E-state index contributed by atoms with van der Waals surface area (Å²) < 4.78 is 70.9. The van der Waals surface area contributed by atoms with Gasteiger partial charge in [-0.15, -0.1) is 0 Å². The summed E-state index contributed by atoms with van der Waals surface area (Å²) in [5, 5.41) is 12.4. The molecule has 2 aromatic rings. The quantitative estimate of drug-likeness (QED) is 0.828. The minimum atomic E-state index is -5.03. The van der Waals surface area contributed by atoms with E-state index in [1.165, 1.54) is 6.92 Å². The van der Waals surface area contributed by atoms with Crippen molar-refractivity contribution in [1.82, 2.24) is 5.16 Å². The first-order valence-corrected chi connectivity index (χ1v) is 8.38. The van der Waals surface area contributed by atoms with E-state index in [2.05, 4.69) is 9.88 Å². The van der Waals surface area contributed by atoms with Gasteiger partial charge in [0.25, 0.3) is 10.0 Å². The average molecular weight is 378 g/mol. The van der Waals surface area contributed by atoms with E-state index in [9.17, 15) is 26.4 Å². The zero-order valence-electron chi connectivity index (χ0n) is 13.0. The van der Waals surface area contributed by atoms with Gasteiger partial charge in [-0.2, -0.15) is 13.2 Å². The molecule has 1 heterocycles. The predicted octanol–water partition coefficient (Wildman–Crippen LogP) is 3.06. The fourth-order valence-electron chi connectivity index (χ4n) is 2.09. The number of halogens is 3. The summed E-state index contributed by atoms with van der Waals surface area (Å²) in [5.74, 6) is -1.59. The Hall–Kier alpha value is -2.56. The number of carboxylic acids is 1. The molecule has 0 atom stereocenters. The zero-order valence-corrected chi connectivity index (χ0v) is 13.8. The van der Waals surface area contributed by atoms with Crippen molar-refractivity contribution in [3.8, 4) is 0 Å². The highest BCUT2D eigenvalue weighted by molar-refractivity contribution is 7.92. The maximum atomic E-state index is 13.0. The van der Waals surface area contributed by atoms with E-state index >= 15 is 0 Å². The second-order valence-corrected chi connectivity index (χ2v) is 6.72. The van der Waals surface area contributed by atoms with E-state index in [0.29, 0.717) is 12.5 Å². The van der Waals surface area contributed by atoms with Crippen LogP contribution in [0.15, 0.2) is 27.6 Å². The van der Waals surface area contributed by atoms with E-state index in [1.54, 1.807) is 6.92 Å². The third-order valence-electron chi connectivity index (χ3n) is 3.33. The lowest BCUT2D eigenvalue weighted by Gasteiger charge is -2.13. The lowest BCUT2D eigenvalue weighted by atomic mass is 10.1. The normalized spacial score (nSPS) is 12.2. The topological polar surface area (TPSA) is 110 Å². The lowest BCUT2D eigenvalue weighted by Crippen LogP contribution is -2.18. The number of carbonyl (C=O) groups is 1. The van der Waals surface area contributed by atoms with Gasteiger partial charge < -0.3 is 9.63 Å². The number of aromatic carboxylic acids is 1. The summed E-state index contributed by atoms with van der Waals surface area (Å²) in [6.45, 7) is 3.15. The monoisotopic (exact) mass is 378 g/mol. The molecule has 0 saturated heterocycles. The van der Waals surface area contributed by atoms with Crippen molar-refractivity contribution in [2.24, 2.45) is 0 Å². The van der Waals surface area contributed by atoms with Crippen LogP contribution in [-0.2, 0) is 22.6 Å². The first-order valence-electron chi connectivity index (χ1n) is 6.90. The van der Waals surface area contributed by atoms with Crippen LogP contribution < -0.4 is 4.72 Å². The number of anilines is 1. The van der Waals surface area contributed by atoms with Crippen LogP contribution in [0.1, 0.15) is 34.3 Å². The molecule has 7 nitrogen and oxygen atoms in total. The second-order valence-electron chi connectivity index (χ2n) is 5.04. The molecule has 0 aliphatic heterocycles. The predicted molar refractivity (Wildman–Crippen MR) is 79.8 cm³/mol. The second kappa shape index (κ2) is 6.39. The summed E-state index contributed by atoms with van der Waals surface area (Å²) in [5.41, 5.74) is -2.33. The third-order valence-corrected chi connectivity index (χ3v) is 4.68. The number of carboxylic acid groups (broad SMARTS) is 1. The van der Waals surface area contributed by atoms with Crippen molar-refractivity contribution < 1.29 is 36.0 Å². The van der Waals surface area contributed by atoms with Gasteiger partial charge in [0, 0.05) is 6.42 Å². The van der Waals surface area contributed by atoms with Gasteiger partial charge in [0.1, 0.15) is 11.4 Å². The Morgan fingerprint density at radius 1 is 1.36 bits per heavy atom. The number of sulfonamides is 1. The van der Waals surface area contributed by atoms with E-state index < -0.39 is 38.2 Å². The van der Waals surface area contributed by atoms with Gasteiger partial charge in [0.15, 0.2) is 5.76 Å². The Morgan fingerprint density at radius 2 is 2.00 bits per heavy atom. The molecule has 0 spiro atoms. The number of aromatic nitrogens is 1. The largest absolute Gasteiger partial charge is 0.478 e. The molecule has 0 bridgehead atoms. The number of nitrogens with one attached hydrogen (secondary N) is 1. The fourth-order valence-corrected chi connectivity index (χ4v) is 3.26. The molecular weight excluding hydrogens is 365 g/mol. The van der Waals surface area contributed by atoms with Crippen molar-refractivity contribution >= 4 is 21.7 Å². The van der Waals surface area contributed by atoms with Crippen LogP contribution in [0, 0.1) is 6.92 Å². The molecule has 0 aliphatic rings. The van der Waals surface area contributed by atoms with Gasteiger partial charge in [0.05, 0.1) is 16.0 Å². The Morgan fingerprint density at radius 3 is 2.52 bits per heavy atom. The number of alkyl halides is 3. The third kappa shape index (κ3) is 3.76. The molecule has 0 amide bonds. The van der Waals surface area contributed by atoms with Crippen molar-refractivity contribution in [3.63, 3.8) is 0 Å². The molecule has 0 aliphatic carbocycles. The summed E-state index contributed by atoms with van der Waals surface area (Å²) in [6.07, 6.45) is -4.72. The lowest BCUT2D eigenvalue weighted by molar-refractivity contribution is -0.138. The maximum absolute atomic E-state index is 13.0. The smallest absolute Gasteiger partial charge is 0.417 e. The molecule has 136 valence electrons. The van der Waals surface area contributed by atoms with Crippen LogP contribution in [-0.4, -0.2) is 24.7 Å². The highest BCUT2D eigenvalue weighted by Crippen LogP contribution is 2.34. The summed E-state index contributed by atoms with van der Waals surface area (Å²) in [4.78, 5) is 10.2. The van der Waals surface area contributed by atoms with E-state index in [0.717, 1.165) is 6.07 Å². The van der Waals surface area contributed by atoms with Crippen LogP contribution in [0.5, 0.6) is 0 Å². The number of hydrogen-bond donors (Lipinski definition) is 2. The molecule has 25 heavy (non-hydrogen) atoms. The molecule has 0 radical (unpaired) electrons. The van der Waals surface area contributed by atoms with Crippen LogP contribution in [0.4, 0.5) is 18.9 Å². The summed E-state index contributed by atoms with van der Waals surface area (Å²) in [6, 6.07) is 1.66. The highest BCUT2D eigenvalue weighted by Gasteiger charge is 2.36. The molecule has 0 unspecified atom stereocenters. The van der Waals surface area contributed by atoms with Crippen molar-refractivity contribution in [1.29, 1.82) is 0 Å². The number of rotatable bonds is 5. The van der Waals surface area contributed by atoms with Crippen molar-refractivity contribution in [3.05, 3.63) is 40.8 Å². The molecule has 2 N–H and O–H groups in total. The van der Waals surface area contributed by atoms with Crippen molar-refractivity contribution in [2.45, 2.75) is 31.3 Å². The van der Waals surface area contributed by atoms with Crippen molar-refractivity contribution in [2.75, 3.05) is 4.72 Å². The average Bonchev–Trinajstić information content (AvgIpc) is 2.85. The van der Waals surface area contributed by atoms with Gasteiger partial charge in [-0.05, 0) is 25.1 Å². The molecule has 1 aromatic heterocycles. The van der Waals surface area contributed by atoms with E-state index in [-0.39, 0.29) is 23.2 Å². The number of benzene rings is 1. The molecule has 11 heteroatoms. The van der Waals surface area contributed by atoms with Gasteiger partial charge >= 0.3 is 12.1 Å². The molecular formula is C14H13F3N2O5S. The molecule has 1 aromatic carbocycles. The first-order chi connectivity index (χ1) is 11.5. The fraction of sp³-hybridized carbons (Fsp3) is 0.286. The summed E-state index contributed by atoms with van der Waals surface area (Å²) in [7, 11) is -4.41.